The number of halogens is 2. The Morgan fingerprint density at radius 3 is 2.45 bits per heavy atom. The Bertz CT molecular complexity index is 976. The molecule has 0 saturated carbocycles. The molecule has 1 amide bonds. The van der Waals surface area contributed by atoms with Crippen molar-refractivity contribution in [3.8, 4) is 0 Å². The van der Waals surface area contributed by atoms with Crippen molar-refractivity contribution in [1.29, 1.82) is 0 Å². The fourth-order valence-electron chi connectivity index (χ4n) is 2.84. The number of amides is 1. The third-order valence-corrected chi connectivity index (χ3v) is 6.65. The third kappa shape index (κ3) is 5.75. The summed E-state index contributed by atoms with van der Waals surface area (Å²) in [6.45, 7) is 7.61. The fraction of sp³-hybridized carbons (Fsp3) is 0.286. The molecule has 0 aliphatic heterocycles. The fourth-order valence-corrected chi connectivity index (χ4v) is 4.63. The van der Waals surface area contributed by atoms with Crippen LogP contribution in [0.4, 0.5) is 5.69 Å². The number of nitrogens with one attached hydrogen (secondary N) is 1. The van der Waals surface area contributed by atoms with E-state index in [-0.39, 0.29) is 28.1 Å². The van der Waals surface area contributed by atoms with Crippen LogP contribution in [0.1, 0.15) is 37.0 Å². The van der Waals surface area contributed by atoms with Crippen molar-refractivity contribution in [2.24, 2.45) is 0 Å². The first kappa shape index (κ1) is 23.3. The zero-order valence-corrected chi connectivity index (χ0v) is 18.7. The SMILES string of the molecule is C=CCN(c1ccc(Cl)cc1)S(=O)(=O)c1ccc(Cl)c(C(=O)N[C@@H](C)CCC)c1. The molecule has 156 valence electrons. The van der Waals surface area contributed by atoms with Gasteiger partial charge in [-0.15, -0.1) is 6.58 Å². The maximum atomic E-state index is 13.3. The van der Waals surface area contributed by atoms with Crippen LogP contribution in [-0.4, -0.2) is 26.9 Å². The number of carbonyl (C=O) groups is 1. The number of hydrogen-bond acceptors (Lipinski definition) is 3. The van der Waals surface area contributed by atoms with E-state index in [1.54, 1.807) is 24.3 Å². The molecule has 0 aliphatic rings. The largest absolute Gasteiger partial charge is 0.350 e. The predicted molar refractivity (Wildman–Crippen MR) is 119 cm³/mol. The Hall–Kier alpha value is -2.02. The van der Waals surface area contributed by atoms with E-state index >= 15 is 0 Å². The molecule has 0 fully saturated rings. The van der Waals surface area contributed by atoms with E-state index in [9.17, 15) is 13.2 Å². The van der Waals surface area contributed by atoms with Crippen LogP contribution in [0, 0.1) is 0 Å². The van der Waals surface area contributed by atoms with E-state index in [4.69, 9.17) is 23.2 Å². The van der Waals surface area contributed by atoms with Gasteiger partial charge in [0, 0.05) is 11.1 Å². The second-order valence-electron chi connectivity index (χ2n) is 6.61. The van der Waals surface area contributed by atoms with E-state index in [1.807, 2.05) is 13.8 Å². The highest BCUT2D eigenvalue weighted by Gasteiger charge is 2.26. The molecule has 2 aromatic rings. The molecule has 0 aromatic heterocycles. The normalized spacial score (nSPS) is 12.3. The lowest BCUT2D eigenvalue weighted by Crippen LogP contribution is -2.33. The minimum absolute atomic E-state index is 0.0352. The molecule has 2 aromatic carbocycles. The standard InChI is InChI=1S/C21H24Cl2N2O3S/c1-4-6-15(3)24-21(26)19-14-18(11-12-20(19)23)29(27,28)25(13-5-2)17-9-7-16(22)8-10-17/h5,7-12,14-15H,2,4,6,13H2,1,3H3,(H,24,26)/t15-/m0/s1. The molecule has 0 spiro atoms. The molecule has 1 N–H and O–H groups in total. The first-order valence-corrected chi connectivity index (χ1v) is 11.4. The summed E-state index contributed by atoms with van der Waals surface area (Å²) < 4.78 is 27.8. The number of sulfonamides is 1. The minimum atomic E-state index is -3.96. The molecular formula is C21H24Cl2N2O3S. The monoisotopic (exact) mass is 454 g/mol. The lowest BCUT2D eigenvalue weighted by molar-refractivity contribution is 0.0938. The highest BCUT2D eigenvalue weighted by molar-refractivity contribution is 7.92. The van der Waals surface area contributed by atoms with Crippen LogP contribution < -0.4 is 9.62 Å². The Morgan fingerprint density at radius 1 is 1.21 bits per heavy atom. The molecule has 5 nitrogen and oxygen atoms in total. The van der Waals surface area contributed by atoms with Gasteiger partial charge in [-0.1, -0.05) is 42.6 Å². The summed E-state index contributed by atoms with van der Waals surface area (Å²) in [6.07, 6.45) is 3.22. The van der Waals surface area contributed by atoms with Crippen molar-refractivity contribution in [2.45, 2.75) is 37.6 Å². The van der Waals surface area contributed by atoms with Crippen LogP contribution >= 0.6 is 23.2 Å². The first-order valence-electron chi connectivity index (χ1n) is 9.20. The van der Waals surface area contributed by atoms with E-state index in [2.05, 4.69) is 11.9 Å². The number of hydrogen-bond donors (Lipinski definition) is 1. The lowest BCUT2D eigenvalue weighted by atomic mass is 10.1. The summed E-state index contributed by atoms with van der Waals surface area (Å²) in [5.74, 6) is -0.408. The Morgan fingerprint density at radius 2 is 1.86 bits per heavy atom. The van der Waals surface area contributed by atoms with Crippen molar-refractivity contribution in [2.75, 3.05) is 10.8 Å². The first-order chi connectivity index (χ1) is 13.7. The molecule has 0 aliphatic carbocycles. The average Bonchev–Trinajstić information content (AvgIpc) is 2.67. The van der Waals surface area contributed by atoms with Crippen molar-refractivity contribution < 1.29 is 13.2 Å². The molecule has 0 heterocycles. The number of anilines is 1. The smallest absolute Gasteiger partial charge is 0.264 e. The molecule has 0 bridgehead atoms. The van der Waals surface area contributed by atoms with Crippen molar-refractivity contribution in [3.05, 3.63) is 70.7 Å². The zero-order chi connectivity index (χ0) is 21.6. The number of carbonyl (C=O) groups excluding carboxylic acids is 1. The van der Waals surface area contributed by atoms with Gasteiger partial charge in [-0.3, -0.25) is 9.10 Å². The molecule has 8 heteroatoms. The van der Waals surface area contributed by atoms with E-state index in [1.165, 1.54) is 28.6 Å². The van der Waals surface area contributed by atoms with E-state index < -0.39 is 15.9 Å². The summed E-state index contributed by atoms with van der Waals surface area (Å²) in [5.41, 5.74) is 0.553. The maximum Gasteiger partial charge on any atom is 0.264 e. The summed E-state index contributed by atoms with van der Waals surface area (Å²) >= 11 is 12.1. The van der Waals surface area contributed by atoms with Crippen LogP contribution in [0.15, 0.2) is 60.0 Å². The maximum absolute atomic E-state index is 13.3. The van der Waals surface area contributed by atoms with E-state index in [0.29, 0.717) is 10.7 Å². The van der Waals surface area contributed by atoms with Crippen molar-refractivity contribution in [3.63, 3.8) is 0 Å². The van der Waals surface area contributed by atoms with Gasteiger partial charge in [0.1, 0.15) is 0 Å². The highest BCUT2D eigenvalue weighted by atomic mass is 35.5. The summed E-state index contributed by atoms with van der Waals surface area (Å²) in [7, 11) is -3.96. The van der Waals surface area contributed by atoms with Gasteiger partial charge in [0.15, 0.2) is 0 Å². The molecule has 1 atom stereocenters. The van der Waals surface area contributed by atoms with Gasteiger partial charge in [0.05, 0.1) is 27.7 Å². The average molecular weight is 455 g/mol. The number of nitrogens with zero attached hydrogens (tertiary/aromatic N) is 1. The Labute approximate surface area is 182 Å². The molecular weight excluding hydrogens is 431 g/mol. The Balaban J connectivity index is 2.44. The van der Waals surface area contributed by atoms with Crippen LogP contribution in [-0.2, 0) is 10.0 Å². The second-order valence-corrected chi connectivity index (χ2v) is 9.31. The van der Waals surface area contributed by atoms with Crippen LogP contribution in [0.5, 0.6) is 0 Å². The summed E-state index contributed by atoms with van der Waals surface area (Å²) in [4.78, 5) is 12.6. The summed E-state index contributed by atoms with van der Waals surface area (Å²) in [5, 5.41) is 3.53. The van der Waals surface area contributed by atoms with Crippen molar-refractivity contribution >= 4 is 44.8 Å². The number of rotatable bonds is 9. The molecule has 0 saturated heterocycles. The predicted octanol–water partition coefficient (Wildman–Crippen LogP) is 5.29. The van der Waals surface area contributed by atoms with Gasteiger partial charge < -0.3 is 5.32 Å². The molecule has 29 heavy (non-hydrogen) atoms. The third-order valence-electron chi connectivity index (χ3n) is 4.28. The van der Waals surface area contributed by atoms with Crippen molar-refractivity contribution in [1.82, 2.24) is 5.32 Å². The lowest BCUT2D eigenvalue weighted by Gasteiger charge is -2.23. The zero-order valence-electron chi connectivity index (χ0n) is 16.4. The molecule has 0 unspecified atom stereocenters. The summed E-state index contributed by atoms with van der Waals surface area (Å²) in [6, 6.07) is 10.5. The van der Waals surface area contributed by atoms with Gasteiger partial charge >= 0.3 is 0 Å². The van der Waals surface area contributed by atoms with Gasteiger partial charge in [-0.05, 0) is 55.8 Å². The van der Waals surface area contributed by atoms with Crippen LogP contribution in [0.25, 0.3) is 0 Å². The highest BCUT2D eigenvalue weighted by Crippen LogP contribution is 2.28. The second kappa shape index (κ2) is 10.1. The molecule has 0 radical (unpaired) electrons. The number of benzene rings is 2. The van der Waals surface area contributed by atoms with Gasteiger partial charge in [-0.25, -0.2) is 8.42 Å². The molecule has 2 rings (SSSR count). The quantitative estimate of drug-likeness (QED) is 0.523. The topological polar surface area (TPSA) is 66.5 Å². The van der Waals surface area contributed by atoms with Gasteiger partial charge in [-0.2, -0.15) is 0 Å². The van der Waals surface area contributed by atoms with Crippen LogP contribution in [0.3, 0.4) is 0 Å². The van der Waals surface area contributed by atoms with Gasteiger partial charge in [0.2, 0.25) is 0 Å². The Kier molecular flexibility index (Phi) is 8.14. The van der Waals surface area contributed by atoms with E-state index in [0.717, 1.165) is 12.8 Å². The van der Waals surface area contributed by atoms with Gasteiger partial charge in [0.25, 0.3) is 15.9 Å². The minimum Gasteiger partial charge on any atom is -0.350 e. The van der Waals surface area contributed by atoms with Crippen LogP contribution in [0.2, 0.25) is 10.0 Å².